The van der Waals surface area contributed by atoms with Gasteiger partial charge < -0.3 is 9.64 Å². The van der Waals surface area contributed by atoms with Crippen LogP contribution in [0.3, 0.4) is 0 Å². The minimum atomic E-state index is -3.41. The number of benzene rings is 1. The fourth-order valence-electron chi connectivity index (χ4n) is 3.59. The van der Waals surface area contributed by atoms with E-state index in [1.807, 2.05) is 0 Å². The molecule has 0 atom stereocenters. The Bertz CT molecular complexity index is 929. The van der Waals surface area contributed by atoms with Crippen LogP contribution in [-0.2, 0) is 22.9 Å². The number of hydrogen-bond donors (Lipinski definition) is 0. The van der Waals surface area contributed by atoms with Gasteiger partial charge in [-0.05, 0) is 55.2 Å². The lowest BCUT2D eigenvalue weighted by atomic mass is 10.2. The summed E-state index contributed by atoms with van der Waals surface area (Å²) in [4.78, 5) is 2.09. The summed E-state index contributed by atoms with van der Waals surface area (Å²) in [6.45, 7) is 2.04. The Hall–Kier alpha value is -2.26. The van der Waals surface area contributed by atoms with Crippen LogP contribution in [0.1, 0.15) is 17.7 Å². The largest absolute Gasteiger partial charge is 0.492 e. The van der Waals surface area contributed by atoms with Gasteiger partial charge in [0.1, 0.15) is 18.2 Å². The molecule has 0 spiro atoms. The Labute approximate surface area is 164 Å². The summed E-state index contributed by atoms with van der Waals surface area (Å²) in [5.41, 5.74) is 2.35. The molecule has 28 heavy (non-hydrogen) atoms. The Balaban J connectivity index is 1.29. The van der Waals surface area contributed by atoms with Crippen LogP contribution in [0.2, 0.25) is 0 Å². The molecular formula is C19H23FN4O3S. The van der Waals surface area contributed by atoms with Crippen molar-refractivity contribution in [1.29, 1.82) is 0 Å². The number of nitrogens with zero attached hydrogens (tertiary/aromatic N) is 4. The van der Waals surface area contributed by atoms with E-state index in [-0.39, 0.29) is 18.2 Å². The van der Waals surface area contributed by atoms with Crippen molar-refractivity contribution in [1.82, 2.24) is 14.5 Å². The van der Waals surface area contributed by atoms with Gasteiger partial charge in [-0.1, -0.05) is 0 Å². The molecule has 0 amide bonds. The lowest BCUT2D eigenvalue weighted by Crippen LogP contribution is -2.50. The van der Waals surface area contributed by atoms with Gasteiger partial charge in [-0.3, -0.25) is 0 Å². The topological polar surface area (TPSA) is 75.6 Å². The third-order valence-electron chi connectivity index (χ3n) is 5.19. The van der Waals surface area contributed by atoms with Crippen LogP contribution in [-0.4, -0.2) is 61.5 Å². The maximum Gasteiger partial charge on any atom is 0.217 e. The van der Waals surface area contributed by atoms with Crippen molar-refractivity contribution in [2.75, 3.05) is 43.4 Å². The van der Waals surface area contributed by atoms with Crippen molar-refractivity contribution >= 4 is 15.8 Å². The van der Waals surface area contributed by atoms with E-state index in [9.17, 15) is 12.8 Å². The highest BCUT2D eigenvalue weighted by atomic mass is 32.2. The quantitative estimate of drug-likeness (QED) is 0.726. The minimum Gasteiger partial charge on any atom is -0.492 e. The SMILES string of the molecule is O=S(=O)(CCOc1ccc(F)cc1)N1CCN(c2cc3c(nn2)CCC3)CC1. The molecule has 1 aromatic carbocycles. The first-order chi connectivity index (χ1) is 13.5. The number of fused-ring (bicyclic) bond motifs is 1. The second kappa shape index (κ2) is 8.00. The highest BCUT2D eigenvalue weighted by Gasteiger charge is 2.28. The average Bonchev–Trinajstić information content (AvgIpc) is 3.17. The molecule has 1 aliphatic carbocycles. The van der Waals surface area contributed by atoms with Gasteiger partial charge in [0.05, 0.1) is 11.4 Å². The molecule has 0 N–H and O–H groups in total. The third-order valence-corrected chi connectivity index (χ3v) is 7.02. The van der Waals surface area contributed by atoms with Crippen LogP contribution in [0.5, 0.6) is 5.75 Å². The molecule has 7 nitrogen and oxygen atoms in total. The molecule has 0 unspecified atom stereocenters. The normalized spacial score (nSPS) is 17.5. The monoisotopic (exact) mass is 406 g/mol. The van der Waals surface area contributed by atoms with Crippen LogP contribution >= 0.6 is 0 Å². The third kappa shape index (κ3) is 4.25. The smallest absolute Gasteiger partial charge is 0.217 e. The van der Waals surface area contributed by atoms with Gasteiger partial charge in [-0.15, -0.1) is 5.10 Å². The first-order valence-corrected chi connectivity index (χ1v) is 11.1. The minimum absolute atomic E-state index is 0.0322. The zero-order valence-electron chi connectivity index (χ0n) is 15.6. The van der Waals surface area contributed by atoms with Crippen LogP contribution in [0, 0.1) is 5.82 Å². The molecule has 1 aromatic heterocycles. The molecule has 9 heteroatoms. The molecular weight excluding hydrogens is 383 g/mol. The van der Waals surface area contributed by atoms with Crippen molar-refractivity contribution in [3.05, 3.63) is 47.4 Å². The average molecular weight is 406 g/mol. The van der Waals surface area contributed by atoms with Crippen molar-refractivity contribution in [2.45, 2.75) is 19.3 Å². The summed E-state index contributed by atoms with van der Waals surface area (Å²) >= 11 is 0. The first-order valence-electron chi connectivity index (χ1n) is 9.48. The van der Waals surface area contributed by atoms with E-state index in [0.29, 0.717) is 31.9 Å². The fourth-order valence-corrected chi connectivity index (χ4v) is 4.86. The standard InChI is InChI=1S/C19H23FN4O3S/c20-16-4-6-17(7-5-16)27-12-13-28(25,26)24-10-8-23(9-11-24)19-14-15-2-1-3-18(15)21-22-19/h4-7,14H,1-3,8-13H2. The number of hydrogen-bond acceptors (Lipinski definition) is 6. The van der Waals surface area contributed by atoms with E-state index >= 15 is 0 Å². The number of piperazine rings is 1. The number of halogens is 1. The molecule has 0 saturated carbocycles. The van der Waals surface area contributed by atoms with Crippen molar-refractivity contribution in [2.24, 2.45) is 0 Å². The van der Waals surface area contributed by atoms with Crippen LogP contribution in [0.4, 0.5) is 10.2 Å². The Morgan fingerprint density at radius 1 is 1.04 bits per heavy atom. The summed E-state index contributed by atoms with van der Waals surface area (Å²) < 4.78 is 44.9. The second-order valence-corrected chi connectivity index (χ2v) is 9.12. The molecule has 2 heterocycles. The highest BCUT2D eigenvalue weighted by Crippen LogP contribution is 2.23. The van der Waals surface area contributed by atoms with E-state index in [4.69, 9.17) is 4.74 Å². The van der Waals surface area contributed by atoms with Gasteiger partial charge in [-0.25, -0.2) is 12.8 Å². The second-order valence-electron chi connectivity index (χ2n) is 7.03. The molecule has 2 aromatic rings. The summed E-state index contributed by atoms with van der Waals surface area (Å²) in [5.74, 6) is 0.822. The number of sulfonamides is 1. The Morgan fingerprint density at radius 3 is 2.54 bits per heavy atom. The number of aromatic nitrogens is 2. The molecule has 4 rings (SSSR count). The van der Waals surface area contributed by atoms with Gasteiger partial charge in [0.25, 0.3) is 0 Å². The summed E-state index contributed by atoms with van der Waals surface area (Å²) in [7, 11) is -3.41. The molecule has 2 aliphatic rings. The van der Waals surface area contributed by atoms with E-state index in [1.165, 1.54) is 34.1 Å². The van der Waals surface area contributed by atoms with Gasteiger partial charge in [0, 0.05) is 26.2 Å². The highest BCUT2D eigenvalue weighted by molar-refractivity contribution is 7.89. The Kier molecular flexibility index (Phi) is 5.45. The summed E-state index contributed by atoms with van der Waals surface area (Å²) in [6.07, 6.45) is 3.16. The molecule has 1 fully saturated rings. The van der Waals surface area contributed by atoms with Gasteiger partial charge in [-0.2, -0.15) is 9.40 Å². The molecule has 1 aliphatic heterocycles. The van der Waals surface area contributed by atoms with E-state index in [0.717, 1.165) is 30.8 Å². The fraction of sp³-hybridized carbons (Fsp3) is 0.474. The van der Waals surface area contributed by atoms with Crippen LogP contribution < -0.4 is 9.64 Å². The number of rotatable bonds is 6. The summed E-state index contributed by atoms with van der Waals surface area (Å²) in [5, 5.41) is 8.63. The van der Waals surface area contributed by atoms with Crippen molar-refractivity contribution < 1.29 is 17.5 Å². The maximum atomic E-state index is 12.9. The first kappa shape index (κ1) is 19.1. The summed E-state index contributed by atoms with van der Waals surface area (Å²) in [6, 6.07) is 7.63. The van der Waals surface area contributed by atoms with E-state index in [2.05, 4.69) is 21.2 Å². The van der Waals surface area contributed by atoms with Gasteiger partial charge in [0.2, 0.25) is 10.0 Å². The lowest BCUT2D eigenvalue weighted by Gasteiger charge is -2.34. The molecule has 0 bridgehead atoms. The predicted octanol–water partition coefficient (Wildman–Crippen LogP) is 1.64. The number of ether oxygens (including phenoxy) is 1. The van der Waals surface area contributed by atoms with Gasteiger partial charge in [0.15, 0.2) is 5.82 Å². The predicted molar refractivity (Wildman–Crippen MR) is 104 cm³/mol. The van der Waals surface area contributed by atoms with Crippen LogP contribution in [0.25, 0.3) is 0 Å². The van der Waals surface area contributed by atoms with E-state index < -0.39 is 10.0 Å². The van der Waals surface area contributed by atoms with Crippen LogP contribution in [0.15, 0.2) is 30.3 Å². The van der Waals surface area contributed by atoms with Crippen molar-refractivity contribution in [3.8, 4) is 5.75 Å². The molecule has 1 saturated heterocycles. The Morgan fingerprint density at radius 2 is 1.79 bits per heavy atom. The van der Waals surface area contributed by atoms with E-state index in [1.54, 1.807) is 0 Å². The van der Waals surface area contributed by atoms with Crippen molar-refractivity contribution in [3.63, 3.8) is 0 Å². The zero-order chi connectivity index (χ0) is 19.6. The molecule has 150 valence electrons. The number of aryl methyl sites for hydroxylation is 2. The zero-order valence-corrected chi connectivity index (χ0v) is 16.4. The lowest BCUT2D eigenvalue weighted by molar-refractivity contribution is 0.330. The maximum absolute atomic E-state index is 12.9. The van der Waals surface area contributed by atoms with Gasteiger partial charge >= 0.3 is 0 Å². The number of anilines is 1. The molecule has 0 radical (unpaired) electrons.